The van der Waals surface area contributed by atoms with Gasteiger partial charge in [-0.2, -0.15) is 0 Å². The van der Waals surface area contributed by atoms with Crippen molar-refractivity contribution < 1.29 is 28.5 Å². The number of benzene rings is 1. The van der Waals surface area contributed by atoms with Crippen molar-refractivity contribution in [1.82, 2.24) is 4.90 Å². The fourth-order valence-electron chi connectivity index (χ4n) is 5.92. The lowest BCUT2D eigenvalue weighted by molar-refractivity contribution is -0.159. The highest BCUT2D eigenvalue weighted by molar-refractivity contribution is 5.88. The summed E-state index contributed by atoms with van der Waals surface area (Å²) in [5, 5.41) is 0. The van der Waals surface area contributed by atoms with Crippen molar-refractivity contribution in [2.45, 2.75) is 56.6 Å². The highest BCUT2D eigenvalue weighted by Crippen LogP contribution is 2.59. The van der Waals surface area contributed by atoms with E-state index in [1.165, 1.54) is 6.08 Å². The third-order valence-corrected chi connectivity index (χ3v) is 6.95. The first kappa shape index (κ1) is 18.4. The maximum absolute atomic E-state index is 12.3. The van der Waals surface area contributed by atoms with E-state index in [0.717, 1.165) is 60.6 Å². The average molecular weight is 411 g/mol. The van der Waals surface area contributed by atoms with Crippen LogP contribution in [-0.2, 0) is 25.4 Å². The molecule has 1 spiro atoms. The zero-order valence-electron chi connectivity index (χ0n) is 17.2. The average Bonchev–Trinajstić information content (AvgIpc) is 3.43. The van der Waals surface area contributed by atoms with Crippen molar-refractivity contribution in [3.05, 3.63) is 41.7 Å². The van der Waals surface area contributed by atoms with Crippen LogP contribution in [-0.4, -0.2) is 54.3 Å². The van der Waals surface area contributed by atoms with E-state index in [9.17, 15) is 4.79 Å². The van der Waals surface area contributed by atoms with Crippen LogP contribution in [0.15, 0.2) is 30.5 Å². The summed E-state index contributed by atoms with van der Waals surface area (Å²) in [7, 11) is 0. The van der Waals surface area contributed by atoms with Gasteiger partial charge in [-0.3, -0.25) is 4.90 Å². The Hall–Kier alpha value is -2.35. The molecule has 0 unspecified atom stereocenters. The minimum absolute atomic E-state index is 0.221. The smallest absolute Gasteiger partial charge is 0.335 e. The Morgan fingerprint density at radius 2 is 2.03 bits per heavy atom. The molecule has 0 aromatic heterocycles. The van der Waals surface area contributed by atoms with Gasteiger partial charge in [0.15, 0.2) is 17.3 Å². The molecule has 1 aliphatic carbocycles. The molecule has 0 amide bonds. The molecule has 2 fully saturated rings. The number of hydrogen-bond donors (Lipinski definition) is 0. The fourth-order valence-corrected chi connectivity index (χ4v) is 5.92. The minimum Gasteiger partial charge on any atom is -0.454 e. The molecule has 4 heterocycles. The predicted octanol–water partition coefficient (Wildman–Crippen LogP) is 2.78. The Morgan fingerprint density at radius 1 is 1.23 bits per heavy atom. The first-order valence-corrected chi connectivity index (χ1v) is 10.6. The first-order chi connectivity index (χ1) is 14.4. The molecule has 158 valence electrons. The van der Waals surface area contributed by atoms with Gasteiger partial charge in [-0.05, 0) is 62.9 Å². The minimum atomic E-state index is -0.750. The van der Waals surface area contributed by atoms with Crippen LogP contribution in [0, 0.1) is 0 Å². The van der Waals surface area contributed by atoms with Crippen LogP contribution in [0.1, 0.15) is 37.8 Å². The number of fused-ring (bicyclic) bond motifs is 4. The molecule has 4 aliphatic heterocycles. The van der Waals surface area contributed by atoms with Gasteiger partial charge in [0, 0.05) is 18.2 Å². The van der Waals surface area contributed by atoms with Gasteiger partial charge in [-0.1, -0.05) is 6.58 Å². The summed E-state index contributed by atoms with van der Waals surface area (Å²) >= 11 is 0. The standard InChI is InChI=1S/C23H25NO6/c1-4-17(25)28-19-18-14-11-16-15(26-12-27-16)10-13(14)6-9-24-8-5-7-23(18,24)21-20(19)29-22(2,3)30-21/h4,10-11,20-21H,1,5-9,12H2,2-3H3/t20-,21-,23-/m1/s1. The Labute approximate surface area is 175 Å². The molecule has 7 nitrogen and oxygen atoms in total. The van der Waals surface area contributed by atoms with Gasteiger partial charge in [0.2, 0.25) is 6.79 Å². The second-order valence-corrected chi connectivity index (χ2v) is 8.97. The van der Waals surface area contributed by atoms with Crippen molar-refractivity contribution >= 4 is 11.5 Å². The van der Waals surface area contributed by atoms with Gasteiger partial charge in [0.05, 0.1) is 5.54 Å². The number of carbonyl (C=O) groups is 1. The molecular formula is C23H25NO6. The lowest BCUT2D eigenvalue weighted by Crippen LogP contribution is -2.53. The second kappa shape index (κ2) is 6.09. The summed E-state index contributed by atoms with van der Waals surface area (Å²) in [4.78, 5) is 14.8. The van der Waals surface area contributed by atoms with E-state index in [-0.39, 0.29) is 12.9 Å². The molecule has 6 rings (SSSR count). The lowest BCUT2D eigenvalue weighted by atomic mass is 9.81. The fraction of sp³-hybridized carbons (Fsp3) is 0.522. The van der Waals surface area contributed by atoms with E-state index in [0.29, 0.717) is 5.76 Å². The van der Waals surface area contributed by atoms with Crippen molar-refractivity contribution in [3.8, 4) is 11.5 Å². The Balaban J connectivity index is 1.62. The molecule has 0 saturated carbocycles. The number of hydrogen-bond acceptors (Lipinski definition) is 7. The summed E-state index contributed by atoms with van der Waals surface area (Å²) in [6, 6.07) is 4.09. The van der Waals surface area contributed by atoms with Crippen LogP contribution in [0.4, 0.5) is 0 Å². The van der Waals surface area contributed by atoms with Gasteiger partial charge in [0.1, 0.15) is 18.0 Å². The van der Waals surface area contributed by atoms with E-state index in [2.05, 4.69) is 17.5 Å². The molecule has 7 heteroatoms. The summed E-state index contributed by atoms with van der Waals surface area (Å²) in [5.74, 6) is 0.792. The van der Waals surface area contributed by atoms with Gasteiger partial charge in [-0.25, -0.2) is 4.79 Å². The third kappa shape index (κ3) is 2.34. The van der Waals surface area contributed by atoms with Gasteiger partial charge < -0.3 is 23.7 Å². The summed E-state index contributed by atoms with van der Waals surface area (Å²) in [6.45, 7) is 9.49. The summed E-state index contributed by atoms with van der Waals surface area (Å²) < 4.78 is 30.0. The monoisotopic (exact) mass is 411 g/mol. The van der Waals surface area contributed by atoms with Crippen LogP contribution < -0.4 is 9.47 Å². The summed E-state index contributed by atoms with van der Waals surface area (Å²) in [5.41, 5.74) is 2.80. The Morgan fingerprint density at radius 3 is 2.83 bits per heavy atom. The van der Waals surface area contributed by atoms with Crippen molar-refractivity contribution in [2.24, 2.45) is 0 Å². The molecule has 5 aliphatic rings. The molecular weight excluding hydrogens is 386 g/mol. The topological polar surface area (TPSA) is 66.5 Å². The zero-order chi connectivity index (χ0) is 20.7. The first-order valence-electron chi connectivity index (χ1n) is 10.6. The molecule has 30 heavy (non-hydrogen) atoms. The van der Waals surface area contributed by atoms with Crippen LogP contribution in [0.25, 0.3) is 5.57 Å². The van der Waals surface area contributed by atoms with Gasteiger partial charge in [0.25, 0.3) is 0 Å². The maximum atomic E-state index is 12.3. The highest BCUT2D eigenvalue weighted by Gasteiger charge is 2.66. The molecule has 0 N–H and O–H groups in total. The van der Waals surface area contributed by atoms with Gasteiger partial charge >= 0.3 is 5.97 Å². The Bertz CT molecular complexity index is 998. The number of ether oxygens (including phenoxy) is 5. The number of nitrogens with zero attached hydrogens (tertiary/aromatic N) is 1. The van der Waals surface area contributed by atoms with E-state index in [1.807, 2.05) is 19.9 Å². The van der Waals surface area contributed by atoms with E-state index >= 15 is 0 Å². The molecule has 3 atom stereocenters. The molecule has 0 radical (unpaired) electrons. The van der Waals surface area contributed by atoms with E-state index in [1.54, 1.807) is 0 Å². The molecule has 1 aromatic carbocycles. The van der Waals surface area contributed by atoms with Crippen LogP contribution in [0.3, 0.4) is 0 Å². The Kier molecular flexibility index (Phi) is 3.74. The highest BCUT2D eigenvalue weighted by atomic mass is 16.8. The largest absolute Gasteiger partial charge is 0.454 e. The van der Waals surface area contributed by atoms with Crippen LogP contribution >= 0.6 is 0 Å². The van der Waals surface area contributed by atoms with E-state index < -0.39 is 23.4 Å². The van der Waals surface area contributed by atoms with Gasteiger partial charge in [-0.15, -0.1) is 0 Å². The molecule has 2 saturated heterocycles. The van der Waals surface area contributed by atoms with Crippen LogP contribution in [0.2, 0.25) is 0 Å². The predicted molar refractivity (Wildman–Crippen MR) is 107 cm³/mol. The second-order valence-electron chi connectivity index (χ2n) is 8.97. The maximum Gasteiger partial charge on any atom is 0.335 e. The molecule has 0 bridgehead atoms. The third-order valence-electron chi connectivity index (χ3n) is 6.95. The number of esters is 1. The van der Waals surface area contributed by atoms with E-state index in [4.69, 9.17) is 23.7 Å². The van der Waals surface area contributed by atoms with Crippen molar-refractivity contribution in [2.75, 3.05) is 19.9 Å². The zero-order valence-corrected chi connectivity index (χ0v) is 17.2. The number of carbonyl (C=O) groups excluding carboxylic acids is 1. The summed E-state index contributed by atoms with van der Waals surface area (Å²) in [6.07, 6.45) is 3.36. The van der Waals surface area contributed by atoms with Crippen molar-refractivity contribution in [1.29, 1.82) is 0 Å². The normalized spacial score (nSPS) is 32.9. The van der Waals surface area contributed by atoms with Crippen LogP contribution in [0.5, 0.6) is 11.5 Å². The SMILES string of the molecule is C=CC(=O)OC1=C2c3cc4c(cc3CCN3CCC[C@]23[C@@H]2OC(C)(C)O[C@H]12)OCO4. The molecule has 1 aromatic rings. The van der Waals surface area contributed by atoms with Crippen molar-refractivity contribution in [3.63, 3.8) is 0 Å². The lowest BCUT2D eigenvalue weighted by Gasteiger charge is -2.40. The quantitative estimate of drug-likeness (QED) is 0.548. The number of rotatable bonds is 2.